The highest BCUT2D eigenvalue weighted by molar-refractivity contribution is 5.32. The molecule has 18 heavy (non-hydrogen) atoms. The van der Waals surface area contributed by atoms with Crippen molar-refractivity contribution in [2.75, 3.05) is 13.1 Å². The highest BCUT2D eigenvalue weighted by atomic mass is 14.8. The summed E-state index contributed by atoms with van der Waals surface area (Å²) in [5.74, 6) is 0.443. The minimum atomic E-state index is 0.443. The third-order valence-electron chi connectivity index (χ3n) is 3.18. The molecule has 0 unspecified atom stereocenters. The van der Waals surface area contributed by atoms with E-state index in [1.807, 2.05) is 0 Å². The molecule has 0 fully saturated rings. The first kappa shape index (κ1) is 12.8. The predicted octanol–water partition coefficient (Wildman–Crippen LogP) is 3.82. The number of benzene rings is 2. The van der Waals surface area contributed by atoms with E-state index in [9.17, 15) is 0 Å². The van der Waals surface area contributed by atoms with Crippen LogP contribution in [0.5, 0.6) is 0 Å². The van der Waals surface area contributed by atoms with Crippen molar-refractivity contribution in [3.63, 3.8) is 0 Å². The molecule has 2 aromatic rings. The minimum absolute atomic E-state index is 0.443. The zero-order valence-corrected chi connectivity index (χ0v) is 11.0. The van der Waals surface area contributed by atoms with E-state index in [1.165, 1.54) is 17.5 Å². The third kappa shape index (κ3) is 3.44. The van der Waals surface area contributed by atoms with Gasteiger partial charge in [0.05, 0.1) is 0 Å². The van der Waals surface area contributed by atoms with E-state index in [0.29, 0.717) is 5.92 Å². The molecule has 0 bridgehead atoms. The van der Waals surface area contributed by atoms with Gasteiger partial charge in [0.25, 0.3) is 0 Å². The monoisotopic (exact) mass is 239 g/mol. The summed E-state index contributed by atoms with van der Waals surface area (Å²) in [6.07, 6.45) is 1.18. The Morgan fingerprint density at radius 2 is 1.33 bits per heavy atom. The van der Waals surface area contributed by atoms with Crippen molar-refractivity contribution < 1.29 is 0 Å². The smallest absolute Gasteiger partial charge is 0.0214 e. The first-order chi connectivity index (χ1) is 8.92. The predicted molar refractivity (Wildman–Crippen MR) is 77.9 cm³/mol. The fraction of sp³-hybridized carbons (Fsp3) is 0.294. The maximum atomic E-state index is 3.53. The van der Waals surface area contributed by atoms with Gasteiger partial charge in [0.15, 0.2) is 0 Å². The molecule has 0 atom stereocenters. The molecular weight excluding hydrogens is 218 g/mol. The lowest BCUT2D eigenvalue weighted by Gasteiger charge is -2.18. The molecule has 1 heteroatoms. The number of nitrogens with one attached hydrogen (secondary N) is 1. The topological polar surface area (TPSA) is 12.0 Å². The number of rotatable bonds is 6. The van der Waals surface area contributed by atoms with Crippen LogP contribution < -0.4 is 5.32 Å². The molecule has 0 aromatic heterocycles. The van der Waals surface area contributed by atoms with Gasteiger partial charge in [-0.1, -0.05) is 67.6 Å². The van der Waals surface area contributed by atoms with Crippen LogP contribution in [0.25, 0.3) is 0 Å². The lowest BCUT2D eigenvalue weighted by Crippen LogP contribution is -2.23. The van der Waals surface area contributed by atoms with Crippen LogP contribution in [0.3, 0.4) is 0 Å². The summed E-state index contributed by atoms with van der Waals surface area (Å²) in [6.45, 7) is 4.28. The Morgan fingerprint density at radius 1 is 0.833 bits per heavy atom. The molecule has 0 heterocycles. The van der Waals surface area contributed by atoms with Gasteiger partial charge in [-0.15, -0.1) is 0 Å². The largest absolute Gasteiger partial charge is 0.316 e. The van der Waals surface area contributed by atoms with Crippen LogP contribution in [0.2, 0.25) is 0 Å². The van der Waals surface area contributed by atoms with Crippen LogP contribution in [0.4, 0.5) is 0 Å². The van der Waals surface area contributed by atoms with Crippen molar-refractivity contribution in [2.24, 2.45) is 0 Å². The number of hydrogen-bond acceptors (Lipinski definition) is 1. The second kappa shape index (κ2) is 6.97. The Morgan fingerprint density at radius 3 is 1.78 bits per heavy atom. The van der Waals surface area contributed by atoms with E-state index in [0.717, 1.165) is 13.1 Å². The summed E-state index contributed by atoms with van der Waals surface area (Å²) < 4.78 is 0. The summed E-state index contributed by atoms with van der Waals surface area (Å²) in [5, 5.41) is 3.53. The zero-order valence-electron chi connectivity index (χ0n) is 11.0. The molecule has 1 nitrogen and oxygen atoms in total. The second-order valence-electron chi connectivity index (χ2n) is 4.58. The molecule has 0 aliphatic heterocycles. The van der Waals surface area contributed by atoms with Gasteiger partial charge < -0.3 is 5.32 Å². The van der Waals surface area contributed by atoms with Crippen LogP contribution in [0, 0.1) is 0 Å². The fourth-order valence-corrected chi connectivity index (χ4v) is 2.22. The van der Waals surface area contributed by atoms with Crippen LogP contribution >= 0.6 is 0 Å². The number of hydrogen-bond donors (Lipinski definition) is 1. The standard InChI is InChI=1S/C17H21N/c1-2-13-18-14-17(15-9-5-3-6-10-15)16-11-7-4-8-12-16/h3-12,17-18H,2,13-14H2,1H3. The Hall–Kier alpha value is -1.60. The average Bonchev–Trinajstić information content (AvgIpc) is 2.46. The molecule has 0 saturated carbocycles. The molecule has 0 radical (unpaired) electrons. The lowest BCUT2D eigenvalue weighted by atomic mass is 9.91. The maximum Gasteiger partial charge on any atom is 0.0214 e. The van der Waals surface area contributed by atoms with Gasteiger partial charge in [-0.2, -0.15) is 0 Å². The fourth-order valence-electron chi connectivity index (χ4n) is 2.22. The minimum Gasteiger partial charge on any atom is -0.316 e. The van der Waals surface area contributed by atoms with Crippen LogP contribution in [0.1, 0.15) is 30.4 Å². The maximum absolute atomic E-state index is 3.53. The second-order valence-corrected chi connectivity index (χ2v) is 4.58. The van der Waals surface area contributed by atoms with Gasteiger partial charge >= 0.3 is 0 Å². The molecular formula is C17H21N. The van der Waals surface area contributed by atoms with Crippen molar-refractivity contribution in [3.05, 3.63) is 71.8 Å². The summed E-state index contributed by atoms with van der Waals surface area (Å²) in [4.78, 5) is 0. The van der Waals surface area contributed by atoms with E-state index in [2.05, 4.69) is 72.9 Å². The third-order valence-corrected chi connectivity index (χ3v) is 3.18. The zero-order chi connectivity index (χ0) is 12.6. The normalized spacial score (nSPS) is 10.8. The van der Waals surface area contributed by atoms with E-state index in [1.54, 1.807) is 0 Å². The van der Waals surface area contributed by atoms with Crippen LogP contribution in [-0.2, 0) is 0 Å². The Balaban J connectivity index is 2.18. The quantitative estimate of drug-likeness (QED) is 0.756. The molecule has 2 rings (SSSR count). The van der Waals surface area contributed by atoms with Crippen molar-refractivity contribution in [3.8, 4) is 0 Å². The van der Waals surface area contributed by atoms with E-state index >= 15 is 0 Å². The van der Waals surface area contributed by atoms with Gasteiger partial charge in [-0.05, 0) is 24.1 Å². The molecule has 1 N–H and O–H groups in total. The molecule has 0 saturated heterocycles. The summed E-state index contributed by atoms with van der Waals surface area (Å²) in [5.41, 5.74) is 2.76. The Labute approximate surface area is 110 Å². The first-order valence-electron chi connectivity index (χ1n) is 6.72. The average molecular weight is 239 g/mol. The lowest BCUT2D eigenvalue weighted by molar-refractivity contribution is 0.628. The Kier molecular flexibility index (Phi) is 4.98. The van der Waals surface area contributed by atoms with Crippen molar-refractivity contribution >= 4 is 0 Å². The van der Waals surface area contributed by atoms with Crippen molar-refractivity contribution in [2.45, 2.75) is 19.3 Å². The Bertz CT molecular complexity index is 396. The van der Waals surface area contributed by atoms with Gasteiger partial charge in [-0.25, -0.2) is 0 Å². The molecule has 0 aliphatic carbocycles. The molecule has 94 valence electrons. The highest BCUT2D eigenvalue weighted by Crippen LogP contribution is 2.23. The van der Waals surface area contributed by atoms with Gasteiger partial charge in [0, 0.05) is 12.5 Å². The highest BCUT2D eigenvalue weighted by Gasteiger charge is 2.12. The molecule has 0 amide bonds. The van der Waals surface area contributed by atoms with Gasteiger partial charge in [-0.3, -0.25) is 0 Å². The molecule has 0 spiro atoms. The van der Waals surface area contributed by atoms with E-state index in [-0.39, 0.29) is 0 Å². The van der Waals surface area contributed by atoms with Crippen LogP contribution in [0.15, 0.2) is 60.7 Å². The molecule has 0 aliphatic rings. The van der Waals surface area contributed by atoms with E-state index in [4.69, 9.17) is 0 Å². The first-order valence-corrected chi connectivity index (χ1v) is 6.72. The van der Waals surface area contributed by atoms with Crippen LogP contribution in [-0.4, -0.2) is 13.1 Å². The summed E-state index contributed by atoms with van der Waals surface area (Å²) in [7, 11) is 0. The molecule has 2 aromatic carbocycles. The SMILES string of the molecule is CCCNCC(c1ccccc1)c1ccccc1. The summed E-state index contributed by atoms with van der Waals surface area (Å²) in [6, 6.07) is 21.5. The van der Waals surface area contributed by atoms with Gasteiger partial charge in [0.2, 0.25) is 0 Å². The summed E-state index contributed by atoms with van der Waals surface area (Å²) >= 11 is 0. The van der Waals surface area contributed by atoms with Crippen molar-refractivity contribution in [1.82, 2.24) is 5.32 Å². The van der Waals surface area contributed by atoms with E-state index < -0.39 is 0 Å². The van der Waals surface area contributed by atoms with Gasteiger partial charge in [0.1, 0.15) is 0 Å². The van der Waals surface area contributed by atoms with Crippen molar-refractivity contribution in [1.29, 1.82) is 0 Å².